The van der Waals surface area contributed by atoms with Gasteiger partial charge in [0.25, 0.3) is 0 Å². The van der Waals surface area contributed by atoms with Crippen LogP contribution < -0.4 is 11.1 Å². The van der Waals surface area contributed by atoms with E-state index in [1.165, 1.54) is 5.56 Å². The summed E-state index contributed by atoms with van der Waals surface area (Å²) in [6, 6.07) is 1.98. The van der Waals surface area contributed by atoms with Gasteiger partial charge in [0.1, 0.15) is 5.52 Å². The van der Waals surface area contributed by atoms with Crippen LogP contribution in [-0.2, 0) is 0 Å². The number of oxazole rings is 1. The first kappa shape index (κ1) is 9.59. The average molecular weight is 219 g/mol. The zero-order valence-corrected chi connectivity index (χ0v) is 8.82. The van der Waals surface area contributed by atoms with E-state index in [2.05, 4.69) is 15.3 Å². The van der Waals surface area contributed by atoms with Gasteiger partial charge in [0.2, 0.25) is 5.71 Å². The standard InChI is InChI=1S/C11H13N3O2/c15-11-14-9-5-8(6-13-10(9)16-11)7-1-3-12-4-2-7/h5-7,12H,1-4H2,(H,14,15). The van der Waals surface area contributed by atoms with Crippen molar-refractivity contribution in [3.63, 3.8) is 0 Å². The lowest BCUT2D eigenvalue weighted by Crippen LogP contribution is -2.26. The van der Waals surface area contributed by atoms with Crippen LogP contribution in [0, 0.1) is 0 Å². The van der Waals surface area contributed by atoms with Crippen LogP contribution in [0.1, 0.15) is 24.3 Å². The van der Waals surface area contributed by atoms with E-state index in [-0.39, 0.29) is 0 Å². The Morgan fingerprint density at radius 3 is 3.00 bits per heavy atom. The Kier molecular flexibility index (Phi) is 2.25. The lowest BCUT2D eigenvalue weighted by molar-refractivity contribution is 0.459. The molecule has 3 rings (SSSR count). The molecule has 0 aromatic carbocycles. The molecule has 1 aliphatic rings. The molecule has 1 fully saturated rings. The number of H-pyrrole nitrogens is 1. The maximum atomic E-state index is 11.0. The number of aromatic amines is 1. The minimum atomic E-state index is -0.440. The lowest BCUT2D eigenvalue weighted by atomic mass is 9.91. The molecule has 5 nitrogen and oxygen atoms in total. The summed E-state index contributed by atoms with van der Waals surface area (Å²) in [5, 5.41) is 3.33. The number of pyridine rings is 1. The van der Waals surface area contributed by atoms with Gasteiger partial charge in [-0.2, -0.15) is 0 Å². The Morgan fingerprint density at radius 1 is 1.38 bits per heavy atom. The average Bonchev–Trinajstić information content (AvgIpc) is 2.69. The monoisotopic (exact) mass is 219 g/mol. The fourth-order valence-electron chi connectivity index (χ4n) is 2.24. The van der Waals surface area contributed by atoms with Crippen LogP contribution in [0.5, 0.6) is 0 Å². The van der Waals surface area contributed by atoms with Gasteiger partial charge < -0.3 is 9.73 Å². The summed E-state index contributed by atoms with van der Waals surface area (Å²) in [6.07, 6.45) is 4.06. The van der Waals surface area contributed by atoms with Crippen LogP contribution in [0.4, 0.5) is 0 Å². The third kappa shape index (κ3) is 1.63. The molecule has 0 radical (unpaired) electrons. The molecule has 0 saturated carbocycles. The molecule has 2 aromatic rings. The number of rotatable bonds is 1. The van der Waals surface area contributed by atoms with Gasteiger partial charge in [-0.05, 0) is 43.5 Å². The van der Waals surface area contributed by atoms with E-state index in [4.69, 9.17) is 4.42 Å². The minimum absolute atomic E-state index is 0.391. The van der Waals surface area contributed by atoms with Crippen molar-refractivity contribution in [1.29, 1.82) is 0 Å². The van der Waals surface area contributed by atoms with Crippen LogP contribution in [0.2, 0.25) is 0 Å². The number of nitrogens with one attached hydrogen (secondary N) is 2. The topological polar surface area (TPSA) is 70.9 Å². The number of hydrogen-bond acceptors (Lipinski definition) is 4. The Hall–Kier alpha value is -1.62. The van der Waals surface area contributed by atoms with Crippen molar-refractivity contribution in [2.45, 2.75) is 18.8 Å². The summed E-state index contributed by atoms with van der Waals surface area (Å²) in [4.78, 5) is 17.8. The number of fused-ring (bicyclic) bond motifs is 1. The smallest absolute Gasteiger partial charge is 0.389 e. The van der Waals surface area contributed by atoms with Crippen LogP contribution in [0.3, 0.4) is 0 Å². The molecular weight excluding hydrogens is 206 g/mol. The van der Waals surface area contributed by atoms with Crippen molar-refractivity contribution in [2.75, 3.05) is 13.1 Å². The molecule has 0 aliphatic carbocycles. The lowest BCUT2D eigenvalue weighted by Gasteiger charge is -2.22. The van der Waals surface area contributed by atoms with E-state index in [9.17, 15) is 4.79 Å². The number of hydrogen-bond donors (Lipinski definition) is 2. The minimum Gasteiger partial charge on any atom is -0.389 e. The van der Waals surface area contributed by atoms with E-state index < -0.39 is 5.76 Å². The van der Waals surface area contributed by atoms with Gasteiger partial charge >= 0.3 is 5.76 Å². The second-order valence-corrected chi connectivity index (χ2v) is 4.16. The fourth-order valence-corrected chi connectivity index (χ4v) is 2.24. The van der Waals surface area contributed by atoms with Gasteiger partial charge in [0.05, 0.1) is 0 Å². The zero-order chi connectivity index (χ0) is 11.0. The van der Waals surface area contributed by atoms with Crippen molar-refractivity contribution in [3.8, 4) is 0 Å². The SMILES string of the molecule is O=c1[nH]c2cc(C3CCNCC3)cnc2o1. The molecule has 0 spiro atoms. The van der Waals surface area contributed by atoms with Crippen molar-refractivity contribution < 1.29 is 4.42 Å². The van der Waals surface area contributed by atoms with Crippen molar-refractivity contribution in [2.24, 2.45) is 0 Å². The molecule has 0 atom stereocenters. The molecule has 84 valence electrons. The predicted octanol–water partition coefficient (Wildman–Crippen LogP) is 0.983. The summed E-state index contributed by atoms with van der Waals surface area (Å²) in [6.45, 7) is 2.09. The zero-order valence-electron chi connectivity index (χ0n) is 8.82. The highest BCUT2D eigenvalue weighted by Crippen LogP contribution is 2.25. The Morgan fingerprint density at radius 2 is 2.19 bits per heavy atom. The summed E-state index contributed by atoms with van der Waals surface area (Å²) in [5.41, 5.74) is 2.27. The number of aromatic nitrogens is 2. The first-order valence-corrected chi connectivity index (χ1v) is 5.52. The van der Waals surface area contributed by atoms with Crippen LogP contribution in [0.25, 0.3) is 11.2 Å². The Bertz CT molecular complexity index is 552. The van der Waals surface area contributed by atoms with Crippen LogP contribution in [-0.4, -0.2) is 23.1 Å². The molecule has 2 aromatic heterocycles. The molecule has 1 aliphatic heterocycles. The summed E-state index contributed by atoms with van der Waals surface area (Å²) in [5.74, 6) is 0.0986. The first-order valence-electron chi connectivity index (χ1n) is 5.52. The summed E-state index contributed by atoms with van der Waals surface area (Å²) >= 11 is 0. The molecule has 0 unspecified atom stereocenters. The molecule has 5 heteroatoms. The van der Waals surface area contributed by atoms with E-state index in [0.717, 1.165) is 25.9 Å². The highest BCUT2D eigenvalue weighted by molar-refractivity contribution is 5.68. The fraction of sp³-hybridized carbons (Fsp3) is 0.455. The number of piperidine rings is 1. The van der Waals surface area contributed by atoms with E-state index in [0.29, 0.717) is 17.1 Å². The third-order valence-electron chi connectivity index (χ3n) is 3.11. The van der Waals surface area contributed by atoms with Crippen molar-refractivity contribution in [3.05, 3.63) is 28.4 Å². The Labute approximate surface area is 91.9 Å². The van der Waals surface area contributed by atoms with E-state index >= 15 is 0 Å². The quantitative estimate of drug-likeness (QED) is 0.750. The first-order chi connectivity index (χ1) is 7.83. The third-order valence-corrected chi connectivity index (χ3v) is 3.11. The van der Waals surface area contributed by atoms with E-state index in [1.54, 1.807) is 0 Å². The Balaban J connectivity index is 2.00. The van der Waals surface area contributed by atoms with Gasteiger partial charge in [0.15, 0.2) is 0 Å². The largest absolute Gasteiger partial charge is 0.418 e. The molecule has 3 heterocycles. The highest BCUT2D eigenvalue weighted by atomic mass is 16.4. The van der Waals surface area contributed by atoms with Gasteiger partial charge in [-0.1, -0.05) is 0 Å². The normalized spacial score (nSPS) is 18.0. The second-order valence-electron chi connectivity index (χ2n) is 4.16. The second kappa shape index (κ2) is 3.75. The predicted molar refractivity (Wildman–Crippen MR) is 59.5 cm³/mol. The molecule has 16 heavy (non-hydrogen) atoms. The molecule has 0 amide bonds. The maximum Gasteiger partial charge on any atom is 0.418 e. The highest BCUT2D eigenvalue weighted by Gasteiger charge is 2.16. The molecular formula is C11H13N3O2. The number of nitrogens with zero attached hydrogens (tertiary/aromatic N) is 1. The maximum absolute atomic E-state index is 11.0. The van der Waals surface area contributed by atoms with Crippen LogP contribution in [0.15, 0.2) is 21.5 Å². The van der Waals surface area contributed by atoms with Gasteiger partial charge in [0, 0.05) is 6.20 Å². The van der Waals surface area contributed by atoms with E-state index in [1.807, 2.05) is 12.3 Å². The summed E-state index contributed by atoms with van der Waals surface area (Å²) < 4.78 is 4.88. The van der Waals surface area contributed by atoms with Gasteiger partial charge in [-0.25, -0.2) is 9.78 Å². The van der Waals surface area contributed by atoms with Crippen LogP contribution >= 0.6 is 0 Å². The summed E-state index contributed by atoms with van der Waals surface area (Å²) in [7, 11) is 0. The van der Waals surface area contributed by atoms with Crippen molar-refractivity contribution in [1.82, 2.24) is 15.3 Å². The van der Waals surface area contributed by atoms with Gasteiger partial charge in [-0.15, -0.1) is 0 Å². The molecule has 1 saturated heterocycles. The van der Waals surface area contributed by atoms with Gasteiger partial charge in [-0.3, -0.25) is 4.98 Å². The van der Waals surface area contributed by atoms with Crippen molar-refractivity contribution >= 4 is 11.2 Å². The molecule has 2 N–H and O–H groups in total. The molecule has 0 bridgehead atoms.